The Morgan fingerprint density at radius 3 is 2.00 bits per heavy atom. The van der Waals surface area contributed by atoms with Gasteiger partial charge in [-0.05, 0) is 24.2 Å². The molecular weight excluding hydrogens is 164 g/mol. The highest BCUT2D eigenvalue weighted by atomic mass is 16.4. The molecule has 0 amide bonds. The molecule has 2 unspecified atom stereocenters. The Balaban J connectivity index is 3.83. The van der Waals surface area contributed by atoms with Gasteiger partial charge in [-0.2, -0.15) is 0 Å². The second-order valence-corrected chi connectivity index (χ2v) is 5.08. The lowest BCUT2D eigenvalue weighted by molar-refractivity contribution is -0.141. The van der Waals surface area contributed by atoms with E-state index in [0.717, 1.165) is 12.8 Å². The molecule has 2 atom stereocenters. The predicted octanol–water partition coefficient (Wildman–Crippen LogP) is 3.17. The molecule has 0 aromatic heterocycles. The molecule has 0 saturated heterocycles. The SMILES string of the molecule is CC(CCC(C)C(C)(C)C)C(=O)O. The fourth-order valence-electron chi connectivity index (χ4n) is 1.06. The predicted molar refractivity (Wildman–Crippen MR) is 54.7 cm³/mol. The van der Waals surface area contributed by atoms with Crippen molar-refractivity contribution < 1.29 is 9.90 Å². The molecule has 0 spiro atoms. The van der Waals surface area contributed by atoms with Crippen LogP contribution in [0.2, 0.25) is 0 Å². The van der Waals surface area contributed by atoms with E-state index in [1.54, 1.807) is 6.92 Å². The summed E-state index contributed by atoms with van der Waals surface area (Å²) < 4.78 is 0. The van der Waals surface area contributed by atoms with Crippen molar-refractivity contribution in [3.63, 3.8) is 0 Å². The normalized spacial score (nSPS) is 16.7. The van der Waals surface area contributed by atoms with Gasteiger partial charge in [0.05, 0.1) is 5.92 Å². The molecule has 0 saturated carbocycles. The average Bonchev–Trinajstić information content (AvgIpc) is 1.97. The minimum atomic E-state index is -0.680. The van der Waals surface area contributed by atoms with E-state index in [2.05, 4.69) is 27.7 Å². The molecule has 78 valence electrons. The molecule has 0 aromatic carbocycles. The van der Waals surface area contributed by atoms with Gasteiger partial charge in [0, 0.05) is 0 Å². The maximum Gasteiger partial charge on any atom is 0.306 e. The minimum Gasteiger partial charge on any atom is -0.481 e. The van der Waals surface area contributed by atoms with Gasteiger partial charge in [0.2, 0.25) is 0 Å². The lowest BCUT2D eigenvalue weighted by Gasteiger charge is -2.27. The fourth-order valence-corrected chi connectivity index (χ4v) is 1.06. The van der Waals surface area contributed by atoms with E-state index in [-0.39, 0.29) is 11.3 Å². The van der Waals surface area contributed by atoms with Gasteiger partial charge in [-0.3, -0.25) is 4.79 Å². The first-order valence-electron chi connectivity index (χ1n) is 4.98. The summed E-state index contributed by atoms with van der Waals surface area (Å²) in [6.07, 6.45) is 1.78. The molecule has 13 heavy (non-hydrogen) atoms. The molecule has 2 nitrogen and oxygen atoms in total. The third-order valence-electron chi connectivity index (χ3n) is 2.93. The van der Waals surface area contributed by atoms with Crippen molar-refractivity contribution in [1.29, 1.82) is 0 Å². The topological polar surface area (TPSA) is 37.3 Å². The number of hydrogen-bond donors (Lipinski definition) is 1. The van der Waals surface area contributed by atoms with Crippen LogP contribution in [-0.2, 0) is 4.79 Å². The highest BCUT2D eigenvalue weighted by molar-refractivity contribution is 5.69. The Bertz CT molecular complexity index is 167. The first kappa shape index (κ1) is 12.5. The van der Waals surface area contributed by atoms with Gasteiger partial charge in [-0.15, -0.1) is 0 Å². The monoisotopic (exact) mass is 186 g/mol. The van der Waals surface area contributed by atoms with Crippen LogP contribution >= 0.6 is 0 Å². The molecular formula is C11H22O2. The van der Waals surface area contributed by atoms with Crippen LogP contribution in [0.3, 0.4) is 0 Å². The van der Waals surface area contributed by atoms with Gasteiger partial charge in [-0.25, -0.2) is 0 Å². The lowest BCUT2D eigenvalue weighted by Crippen LogP contribution is -2.19. The van der Waals surface area contributed by atoms with Crippen molar-refractivity contribution in [1.82, 2.24) is 0 Å². The van der Waals surface area contributed by atoms with Gasteiger partial charge in [0.15, 0.2) is 0 Å². The lowest BCUT2D eigenvalue weighted by atomic mass is 9.78. The highest BCUT2D eigenvalue weighted by Crippen LogP contribution is 2.30. The van der Waals surface area contributed by atoms with Crippen LogP contribution < -0.4 is 0 Å². The summed E-state index contributed by atoms with van der Waals surface area (Å²) in [7, 11) is 0. The summed E-state index contributed by atoms with van der Waals surface area (Å²) in [5.41, 5.74) is 0.290. The van der Waals surface area contributed by atoms with Crippen LogP contribution in [0.1, 0.15) is 47.5 Å². The molecule has 2 heteroatoms. The standard InChI is InChI=1S/C11H22O2/c1-8(10(12)13)6-7-9(2)11(3,4)5/h8-9H,6-7H2,1-5H3,(H,12,13). The van der Waals surface area contributed by atoms with Crippen LogP contribution in [0.25, 0.3) is 0 Å². The molecule has 0 heterocycles. The number of carbonyl (C=O) groups is 1. The number of carboxylic acid groups (broad SMARTS) is 1. The van der Waals surface area contributed by atoms with Gasteiger partial charge >= 0.3 is 5.97 Å². The van der Waals surface area contributed by atoms with E-state index in [4.69, 9.17) is 5.11 Å². The van der Waals surface area contributed by atoms with Crippen molar-refractivity contribution in [2.45, 2.75) is 47.5 Å². The number of rotatable bonds is 4. The zero-order valence-corrected chi connectivity index (χ0v) is 9.42. The molecule has 0 rings (SSSR count). The molecule has 1 N–H and O–H groups in total. The molecule has 0 bridgehead atoms. The summed E-state index contributed by atoms with van der Waals surface area (Å²) >= 11 is 0. The van der Waals surface area contributed by atoms with Crippen molar-refractivity contribution in [2.75, 3.05) is 0 Å². The minimum absolute atomic E-state index is 0.204. The maximum atomic E-state index is 10.6. The summed E-state index contributed by atoms with van der Waals surface area (Å²) in [5, 5.41) is 8.70. The third kappa shape index (κ3) is 4.91. The second kappa shape index (κ2) is 4.64. The smallest absolute Gasteiger partial charge is 0.306 e. The molecule has 0 aliphatic carbocycles. The first-order valence-corrected chi connectivity index (χ1v) is 4.98. The maximum absolute atomic E-state index is 10.6. The zero-order valence-electron chi connectivity index (χ0n) is 9.42. The van der Waals surface area contributed by atoms with Crippen molar-refractivity contribution in [3.05, 3.63) is 0 Å². The summed E-state index contributed by atoms with van der Waals surface area (Å²) in [6.45, 7) is 10.6. The summed E-state index contributed by atoms with van der Waals surface area (Å²) in [6, 6.07) is 0. The number of aliphatic carboxylic acids is 1. The Labute approximate surface area is 81.3 Å². The van der Waals surface area contributed by atoms with E-state index in [1.165, 1.54) is 0 Å². The largest absolute Gasteiger partial charge is 0.481 e. The second-order valence-electron chi connectivity index (χ2n) is 5.08. The summed E-state index contributed by atoms with van der Waals surface area (Å²) in [5.74, 6) is -0.305. The van der Waals surface area contributed by atoms with E-state index >= 15 is 0 Å². The molecule has 0 fully saturated rings. The van der Waals surface area contributed by atoms with Crippen LogP contribution in [0.5, 0.6) is 0 Å². The highest BCUT2D eigenvalue weighted by Gasteiger charge is 2.21. The van der Waals surface area contributed by atoms with Crippen LogP contribution in [-0.4, -0.2) is 11.1 Å². The Morgan fingerprint density at radius 1 is 1.23 bits per heavy atom. The average molecular weight is 186 g/mol. The fraction of sp³-hybridized carbons (Fsp3) is 0.909. The third-order valence-corrected chi connectivity index (χ3v) is 2.93. The van der Waals surface area contributed by atoms with Crippen LogP contribution in [0.15, 0.2) is 0 Å². The molecule has 0 aliphatic rings. The van der Waals surface area contributed by atoms with Crippen molar-refractivity contribution in [2.24, 2.45) is 17.3 Å². The van der Waals surface area contributed by atoms with E-state index in [0.29, 0.717) is 5.92 Å². The summed E-state index contributed by atoms with van der Waals surface area (Å²) in [4.78, 5) is 10.6. The Hall–Kier alpha value is -0.530. The molecule has 0 aliphatic heterocycles. The Morgan fingerprint density at radius 2 is 1.69 bits per heavy atom. The number of hydrogen-bond acceptors (Lipinski definition) is 1. The molecule has 0 aromatic rings. The van der Waals surface area contributed by atoms with Crippen molar-refractivity contribution >= 4 is 5.97 Å². The van der Waals surface area contributed by atoms with Crippen LogP contribution in [0.4, 0.5) is 0 Å². The number of carboxylic acids is 1. The zero-order chi connectivity index (χ0) is 10.6. The Kier molecular flexibility index (Phi) is 4.45. The van der Waals surface area contributed by atoms with Gasteiger partial charge in [-0.1, -0.05) is 34.6 Å². The van der Waals surface area contributed by atoms with Crippen LogP contribution in [0, 0.1) is 17.3 Å². The first-order chi connectivity index (χ1) is 5.75. The van der Waals surface area contributed by atoms with Gasteiger partial charge in [0.25, 0.3) is 0 Å². The quantitative estimate of drug-likeness (QED) is 0.732. The molecule has 0 radical (unpaired) electrons. The van der Waals surface area contributed by atoms with Gasteiger partial charge < -0.3 is 5.11 Å². The van der Waals surface area contributed by atoms with E-state index < -0.39 is 5.97 Å². The van der Waals surface area contributed by atoms with E-state index in [1.807, 2.05) is 0 Å². The van der Waals surface area contributed by atoms with E-state index in [9.17, 15) is 4.79 Å². The van der Waals surface area contributed by atoms with Gasteiger partial charge in [0.1, 0.15) is 0 Å². The van der Waals surface area contributed by atoms with Crippen molar-refractivity contribution in [3.8, 4) is 0 Å².